The molecule has 0 aliphatic carbocycles. The molecule has 10 rings (SSSR count). The predicted molar refractivity (Wildman–Crippen MR) is 229 cm³/mol. The Hall–Kier alpha value is -7.63. The molecule has 0 fully saturated rings. The van der Waals surface area contributed by atoms with Gasteiger partial charge in [0.25, 0.3) is 0 Å². The van der Waals surface area contributed by atoms with E-state index < -0.39 is 0 Å². The van der Waals surface area contributed by atoms with Crippen molar-refractivity contribution in [2.75, 3.05) is 4.90 Å². The Labute approximate surface area is 324 Å². The molecule has 0 spiro atoms. The lowest BCUT2D eigenvalue weighted by Crippen LogP contribution is -2.09. The number of benzene rings is 8. The Morgan fingerprint density at radius 2 is 0.821 bits per heavy atom. The minimum absolute atomic E-state index is 0.587. The highest BCUT2D eigenvalue weighted by Gasteiger charge is 2.22. The van der Waals surface area contributed by atoms with E-state index in [-0.39, 0.29) is 0 Å². The van der Waals surface area contributed by atoms with Gasteiger partial charge in [-0.25, -0.2) is 15.0 Å². The summed E-state index contributed by atoms with van der Waals surface area (Å²) in [5.74, 6) is 1.82. The second-order valence-electron chi connectivity index (χ2n) is 13.6. The van der Waals surface area contributed by atoms with Gasteiger partial charge in [-0.2, -0.15) is 0 Å². The summed E-state index contributed by atoms with van der Waals surface area (Å²) in [7, 11) is 0. The fourth-order valence-corrected chi connectivity index (χ4v) is 7.44. The Morgan fingerprint density at radius 3 is 1.48 bits per heavy atom. The van der Waals surface area contributed by atoms with Crippen LogP contribution < -0.4 is 4.90 Å². The van der Waals surface area contributed by atoms with E-state index in [1.807, 2.05) is 84.9 Å². The number of para-hydroxylation sites is 2. The Kier molecular flexibility index (Phi) is 8.43. The third kappa shape index (κ3) is 6.17. The third-order valence-electron chi connectivity index (χ3n) is 10.1. The zero-order valence-electron chi connectivity index (χ0n) is 30.3. The van der Waals surface area contributed by atoms with Crippen molar-refractivity contribution >= 4 is 39.0 Å². The molecule has 10 aromatic rings. The van der Waals surface area contributed by atoms with Crippen LogP contribution in [-0.2, 0) is 0 Å². The van der Waals surface area contributed by atoms with Gasteiger partial charge in [-0.05, 0) is 71.3 Å². The van der Waals surface area contributed by atoms with Crippen LogP contribution >= 0.6 is 0 Å². The van der Waals surface area contributed by atoms with Gasteiger partial charge >= 0.3 is 0 Å². The number of anilines is 3. The minimum Gasteiger partial charge on any atom is -0.455 e. The van der Waals surface area contributed by atoms with Gasteiger partial charge in [0.2, 0.25) is 0 Å². The van der Waals surface area contributed by atoms with Gasteiger partial charge in [-0.3, -0.25) is 0 Å². The first-order chi connectivity index (χ1) is 27.8. The van der Waals surface area contributed by atoms with Crippen molar-refractivity contribution in [3.05, 3.63) is 206 Å². The van der Waals surface area contributed by atoms with Crippen LogP contribution in [0.1, 0.15) is 0 Å². The molecule has 0 unspecified atom stereocenters. The molecule has 5 nitrogen and oxygen atoms in total. The highest BCUT2D eigenvalue weighted by Crippen LogP contribution is 2.43. The molecule has 0 saturated heterocycles. The summed E-state index contributed by atoms with van der Waals surface area (Å²) in [6.07, 6.45) is 0. The Morgan fingerprint density at radius 1 is 0.339 bits per heavy atom. The molecule has 0 atom stereocenters. The molecule has 0 aliphatic rings. The normalized spacial score (nSPS) is 11.2. The van der Waals surface area contributed by atoms with Crippen LogP contribution in [0.15, 0.2) is 211 Å². The molecule has 0 aliphatic heterocycles. The zero-order chi connectivity index (χ0) is 37.3. The lowest BCUT2D eigenvalue weighted by molar-refractivity contribution is 0.670. The quantitative estimate of drug-likeness (QED) is 0.157. The fraction of sp³-hybridized carbons (Fsp3) is 0. The van der Waals surface area contributed by atoms with Gasteiger partial charge in [0.05, 0.1) is 0 Å². The van der Waals surface area contributed by atoms with E-state index in [0.29, 0.717) is 17.5 Å². The summed E-state index contributed by atoms with van der Waals surface area (Å²) in [5.41, 5.74) is 11.9. The maximum atomic E-state index is 6.77. The van der Waals surface area contributed by atoms with Gasteiger partial charge < -0.3 is 9.32 Å². The average molecular weight is 719 g/mol. The molecular formula is C51H34N4O. The van der Waals surface area contributed by atoms with E-state index in [1.165, 1.54) is 11.1 Å². The smallest absolute Gasteiger partial charge is 0.164 e. The average Bonchev–Trinajstić information content (AvgIpc) is 3.68. The fourth-order valence-electron chi connectivity index (χ4n) is 7.44. The number of fused-ring (bicyclic) bond motifs is 3. The molecule has 264 valence electrons. The van der Waals surface area contributed by atoms with Crippen LogP contribution in [0, 0.1) is 0 Å². The molecule has 5 heteroatoms. The summed E-state index contributed by atoms with van der Waals surface area (Å²) in [6, 6.07) is 71.0. The van der Waals surface area contributed by atoms with E-state index >= 15 is 0 Å². The van der Waals surface area contributed by atoms with Gasteiger partial charge in [-0.1, -0.05) is 152 Å². The van der Waals surface area contributed by atoms with Crippen LogP contribution in [0.2, 0.25) is 0 Å². The first kappa shape index (κ1) is 33.0. The first-order valence-electron chi connectivity index (χ1n) is 18.7. The molecule has 2 aromatic heterocycles. The number of aromatic nitrogens is 3. The molecule has 0 amide bonds. The number of nitrogens with zero attached hydrogens (tertiary/aromatic N) is 4. The van der Waals surface area contributed by atoms with Crippen molar-refractivity contribution in [3.8, 4) is 56.4 Å². The first-order valence-corrected chi connectivity index (χ1v) is 18.7. The van der Waals surface area contributed by atoms with Crippen molar-refractivity contribution in [1.29, 1.82) is 0 Å². The summed E-state index contributed by atoms with van der Waals surface area (Å²) in [5, 5.41) is 1.96. The van der Waals surface area contributed by atoms with Crippen LogP contribution in [0.25, 0.3) is 78.4 Å². The van der Waals surface area contributed by atoms with Crippen LogP contribution in [0.3, 0.4) is 0 Å². The lowest BCUT2D eigenvalue weighted by atomic mass is 9.97. The largest absolute Gasteiger partial charge is 0.455 e. The van der Waals surface area contributed by atoms with Crippen molar-refractivity contribution in [2.45, 2.75) is 0 Å². The molecule has 0 N–H and O–H groups in total. The van der Waals surface area contributed by atoms with E-state index in [2.05, 4.69) is 126 Å². The highest BCUT2D eigenvalue weighted by molar-refractivity contribution is 6.16. The summed E-state index contributed by atoms with van der Waals surface area (Å²) in [6.45, 7) is 0. The molecular weight excluding hydrogens is 685 g/mol. The van der Waals surface area contributed by atoms with E-state index in [4.69, 9.17) is 19.4 Å². The second-order valence-corrected chi connectivity index (χ2v) is 13.6. The summed E-state index contributed by atoms with van der Waals surface area (Å²) >= 11 is 0. The molecule has 0 bridgehead atoms. The Balaban J connectivity index is 1.13. The highest BCUT2D eigenvalue weighted by atomic mass is 16.3. The SMILES string of the molecule is c1ccc(-c2ccc(N(c3ccccc3)c3cccc(-c4ccc(-c5nc(-c6ccccc6)nc(-c6ccccc6)n5)c5c4oc4ccccc45)c3)cc2)cc1. The molecule has 0 saturated carbocycles. The van der Waals surface area contributed by atoms with Crippen molar-refractivity contribution in [1.82, 2.24) is 15.0 Å². The van der Waals surface area contributed by atoms with Crippen LogP contribution in [-0.4, -0.2) is 15.0 Å². The molecule has 2 heterocycles. The predicted octanol–water partition coefficient (Wildman–Crippen LogP) is 13.6. The minimum atomic E-state index is 0.587. The number of hydrogen-bond acceptors (Lipinski definition) is 5. The molecule has 8 aromatic carbocycles. The number of hydrogen-bond donors (Lipinski definition) is 0. The summed E-state index contributed by atoms with van der Waals surface area (Å²) < 4.78 is 6.77. The number of rotatable bonds is 8. The maximum Gasteiger partial charge on any atom is 0.164 e. The second kappa shape index (κ2) is 14.3. The maximum absolute atomic E-state index is 6.77. The van der Waals surface area contributed by atoms with Crippen LogP contribution in [0.4, 0.5) is 17.1 Å². The van der Waals surface area contributed by atoms with E-state index in [9.17, 15) is 0 Å². The van der Waals surface area contributed by atoms with Gasteiger partial charge in [0, 0.05) is 50.1 Å². The summed E-state index contributed by atoms with van der Waals surface area (Å²) in [4.78, 5) is 17.4. The van der Waals surface area contributed by atoms with E-state index in [1.54, 1.807) is 0 Å². The Bertz CT molecular complexity index is 2890. The third-order valence-corrected chi connectivity index (χ3v) is 10.1. The van der Waals surface area contributed by atoms with Crippen LogP contribution in [0.5, 0.6) is 0 Å². The zero-order valence-corrected chi connectivity index (χ0v) is 30.3. The monoisotopic (exact) mass is 718 g/mol. The topological polar surface area (TPSA) is 55.1 Å². The van der Waals surface area contributed by atoms with Gasteiger partial charge in [0.1, 0.15) is 11.2 Å². The number of furan rings is 1. The molecule has 0 radical (unpaired) electrons. The van der Waals surface area contributed by atoms with Crippen molar-refractivity contribution in [3.63, 3.8) is 0 Å². The van der Waals surface area contributed by atoms with E-state index in [0.717, 1.165) is 66.8 Å². The van der Waals surface area contributed by atoms with Crippen molar-refractivity contribution in [2.24, 2.45) is 0 Å². The molecule has 56 heavy (non-hydrogen) atoms. The van der Waals surface area contributed by atoms with Crippen molar-refractivity contribution < 1.29 is 4.42 Å². The standard InChI is InChI=1S/C51H34N4O/c1-5-16-35(17-6-1)36-28-30-41(31-29-36)55(40-23-11-4-12-24-40)42-25-15-22-39(34-42)43-32-33-45(47-44-26-13-14-27-46(44)56-48(43)47)51-53-49(37-18-7-2-8-19-37)52-50(54-51)38-20-9-3-10-21-38/h1-34H. The van der Waals surface area contributed by atoms with Gasteiger partial charge in [0.15, 0.2) is 17.5 Å². The van der Waals surface area contributed by atoms with Gasteiger partial charge in [-0.15, -0.1) is 0 Å². The lowest BCUT2D eigenvalue weighted by Gasteiger charge is -2.26.